The Morgan fingerprint density at radius 1 is 1.44 bits per heavy atom. The summed E-state index contributed by atoms with van der Waals surface area (Å²) in [4.78, 5) is 4.46. The van der Waals surface area contributed by atoms with E-state index in [-0.39, 0.29) is 0 Å². The predicted molar refractivity (Wildman–Crippen MR) is 80.7 cm³/mol. The number of nitrogens with one attached hydrogen (secondary N) is 1. The topological polar surface area (TPSA) is 24.9 Å². The highest BCUT2D eigenvalue weighted by molar-refractivity contribution is 8.00. The fourth-order valence-electron chi connectivity index (χ4n) is 2.40. The molecule has 1 N–H and O–H groups in total. The molecule has 2 atom stereocenters. The van der Waals surface area contributed by atoms with Crippen molar-refractivity contribution in [1.82, 2.24) is 4.98 Å². The van der Waals surface area contributed by atoms with Crippen molar-refractivity contribution in [3.05, 3.63) is 35.5 Å². The highest BCUT2D eigenvalue weighted by Gasteiger charge is 2.22. The highest BCUT2D eigenvalue weighted by atomic mass is 35.5. The third kappa shape index (κ3) is 2.43. The van der Waals surface area contributed by atoms with Gasteiger partial charge >= 0.3 is 0 Å². The maximum Gasteiger partial charge on any atom is 0.0934 e. The molecule has 1 aromatic heterocycles. The molecule has 4 heteroatoms. The molecule has 2 nitrogen and oxygen atoms in total. The van der Waals surface area contributed by atoms with Gasteiger partial charge in [0.05, 0.1) is 11.2 Å². The zero-order chi connectivity index (χ0) is 12.5. The summed E-state index contributed by atoms with van der Waals surface area (Å²) >= 11 is 8.18. The van der Waals surface area contributed by atoms with Gasteiger partial charge in [0, 0.05) is 33.7 Å². The molecular formula is C14H15ClN2S. The Bertz CT molecular complexity index is 573. The van der Waals surface area contributed by atoms with Gasteiger partial charge in [-0.15, -0.1) is 0 Å². The fourth-order valence-corrected chi connectivity index (χ4v) is 3.78. The lowest BCUT2D eigenvalue weighted by Crippen LogP contribution is -2.19. The molecule has 0 spiro atoms. The van der Waals surface area contributed by atoms with Crippen LogP contribution < -0.4 is 5.32 Å². The summed E-state index contributed by atoms with van der Waals surface area (Å²) in [6, 6.07) is 8.45. The second-order valence-electron chi connectivity index (χ2n) is 4.75. The predicted octanol–water partition coefficient (Wildman–Crippen LogP) is 4.19. The lowest BCUT2D eigenvalue weighted by molar-refractivity contribution is 0.748. The van der Waals surface area contributed by atoms with Crippen LogP contribution in [-0.4, -0.2) is 22.0 Å². The monoisotopic (exact) mass is 278 g/mol. The summed E-state index contributed by atoms with van der Waals surface area (Å²) in [6.07, 6.45) is 3.03. The number of hydrogen-bond acceptors (Lipinski definition) is 3. The zero-order valence-electron chi connectivity index (χ0n) is 10.2. The van der Waals surface area contributed by atoms with Crippen LogP contribution in [0, 0.1) is 0 Å². The minimum atomic E-state index is 0.522. The van der Waals surface area contributed by atoms with Crippen LogP contribution in [0.15, 0.2) is 30.5 Å². The number of nitrogens with zero attached hydrogens (tertiary/aromatic N) is 1. The standard InChI is InChI=1S/C14H15ClN2S/c1-9-5-12(8-18-9)17-13-7-11(15)6-10-3-2-4-16-14(10)13/h2-4,6-7,9,12,17H,5,8H2,1H3. The molecule has 2 unspecified atom stereocenters. The van der Waals surface area contributed by atoms with Crippen molar-refractivity contribution < 1.29 is 0 Å². The summed E-state index contributed by atoms with van der Waals surface area (Å²) < 4.78 is 0. The largest absolute Gasteiger partial charge is 0.380 e. The van der Waals surface area contributed by atoms with E-state index in [0.29, 0.717) is 6.04 Å². The number of aromatic nitrogens is 1. The second kappa shape index (κ2) is 4.98. The number of pyridine rings is 1. The first-order valence-electron chi connectivity index (χ1n) is 6.15. The summed E-state index contributed by atoms with van der Waals surface area (Å²) in [6.45, 7) is 2.28. The molecule has 1 aromatic carbocycles. The van der Waals surface area contributed by atoms with Gasteiger partial charge in [-0.3, -0.25) is 4.98 Å². The van der Waals surface area contributed by atoms with Crippen molar-refractivity contribution >= 4 is 40.0 Å². The number of anilines is 1. The minimum Gasteiger partial charge on any atom is -0.380 e. The number of halogens is 1. The molecule has 1 aliphatic rings. The number of benzene rings is 1. The molecule has 2 aromatic rings. The van der Waals surface area contributed by atoms with Gasteiger partial charge in [-0.1, -0.05) is 24.6 Å². The van der Waals surface area contributed by atoms with Crippen LogP contribution in [-0.2, 0) is 0 Å². The lowest BCUT2D eigenvalue weighted by Gasteiger charge is -2.15. The molecule has 1 fully saturated rings. The van der Waals surface area contributed by atoms with Crippen molar-refractivity contribution in [3.63, 3.8) is 0 Å². The van der Waals surface area contributed by atoms with Crippen LogP contribution in [0.5, 0.6) is 0 Å². The smallest absolute Gasteiger partial charge is 0.0934 e. The Labute approximate surface area is 116 Å². The van der Waals surface area contributed by atoms with E-state index in [1.54, 1.807) is 0 Å². The van der Waals surface area contributed by atoms with Crippen LogP contribution in [0.25, 0.3) is 10.9 Å². The van der Waals surface area contributed by atoms with Gasteiger partial charge in [-0.2, -0.15) is 11.8 Å². The maximum absolute atomic E-state index is 6.16. The molecule has 0 radical (unpaired) electrons. The first-order valence-corrected chi connectivity index (χ1v) is 7.57. The molecule has 0 saturated carbocycles. The molecule has 94 valence electrons. The fraction of sp³-hybridized carbons (Fsp3) is 0.357. The first-order chi connectivity index (χ1) is 8.72. The SMILES string of the molecule is CC1CC(Nc2cc(Cl)cc3cccnc23)CS1. The van der Waals surface area contributed by atoms with Crippen LogP contribution in [0.2, 0.25) is 5.02 Å². The molecule has 1 saturated heterocycles. The first kappa shape index (κ1) is 12.1. The third-order valence-electron chi connectivity index (χ3n) is 3.23. The second-order valence-corrected chi connectivity index (χ2v) is 6.66. The normalized spacial score (nSPS) is 23.4. The van der Waals surface area contributed by atoms with Crippen molar-refractivity contribution in [2.75, 3.05) is 11.1 Å². The molecule has 1 aliphatic heterocycles. The zero-order valence-corrected chi connectivity index (χ0v) is 11.8. The van der Waals surface area contributed by atoms with Crippen molar-refractivity contribution in [2.24, 2.45) is 0 Å². The number of fused-ring (bicyclic) bond motifs is 1. The summed E-state index contributed by atoms with van der Waals surface area (Å²) in [7, 11) is 0. The Kier molecular flexibility index (Phi) is 3.35. The van der Waals surface area contributed by atoms with E-state index in [4.69, 9.17) is 11.6 Å². The van der Waals surface area contributed by atoms with Crippen molar-refractivity contribution in [2.45, 2.75) is 24.6 Å². The van der Waals surface area contributed by atoms with E-state index in [9.17, 15) is 0 Å². The summed E-state index contributed by atoms with van der Waals surface area (Å²) in [5, 5.41) is 6.17. The molecule has 0 aliphatic carbocycles. The average molecular weight is 279 g/mol. The van der Waals surface area contributed by atoms with Gasteiger partial charge in [0.2, 0.25) is 0 Å². The van der Waals surface area contributed by atoms with Gasteiger partial charge in [0.15, 0.2) is 0 Å². The van der Waals surface area contributed by atoms with E-state index in [1.165, 1.54) is 6.42 Å². The van der Waals surface area contributed by atoms with E-state index in [1.807, 2.05) is 42.2 Å². The molecule has 0 bridgehead atoms. The van der Waals surface area contributed by atoms with Crippen LogP contribution in [0.3, 0.4) is 0 Å². The average Bonchev–Trinajstić information content (AvgIpc) is 2.74. The number of rotatable bonds is 2. The molecule has 3 rings (SSSR count). The highest BCUT2D eigenvalue weighted by Crippen LogP contribution is 2.31. The Morgan fingerprint density at radius 3 is 3.11 bits per heavy atom. The minimum absolute atomic E-state index is 0.522. The van der Waals surface area contributed by atoms with Gasteiger partial charge < -0.3 is 5.32 Å². The Balaban J connectivity index is 1.95. The van der Waals surface area contributed by atoms with E-state index >= 15 is 0 Å². The van der Waals surface area contributed by atoms with Crippen LogP contribution in [0.1, 0.15) is 13.3 Å². The molecule has 0 amide bonds. The van der Waals surface area contributed by atoms with Crippen LogP contribution >= 0.6 is 23.4 Å². The van der Waals surface area contributed by atoms with Crippen LogP contribution in [0.4, 0.5) is 5.69 Å². The van der Waals surface area contributed by atoms with E-state index < -0.39 is 0 Å². The molecule has 18 heavy (non-hydrogen) atoms. The third-order valence-corrected chi connectivity index (χ3v) is 4.80. The van der Waals surface area contributed by atoms with Gasteiger partial charge in [-0.05, 0) is 24.6 Å². The summed E-state index contributed by atoms with van der Waals surface area (Å²) in [5.74, 6) is 1.15. The Hall–Kier alpha value is -0.930. The van der Waals surface area contributed by atoms with Crippen molar-refractivity contribution in [1.29, 1.82) is 0 Å². The quantitative estimate of drug-likeness (QED) is 0.891. The van der Waals surface area contributed by atoms with Crippen molar-refractivity contribution in [3.8, 4) is 0 Å². The van der Waals surface area contributed by atoms with Gasteiger partial charge in [0.25, 0.3) is 0 Å². The molecule has 2 heterocycles. The van der Waals surface area contributed by atoms with Gasteiger partial charge in [0.1, 0.15) is 0 Å². The molecular weight excluding hydrogens is 264 g/mol. The van der Waals surface area contributed by atoms with E-state index in [2.05, 4.69) is 17.2 Å². The summed E-state index contributed by atoms with van der Waals surface area (Å²) in [5.41, 5.74) is 2.06. The Morgan fingerprint density at radius 2 is 2.33 bits per heavy atom. The lowest BCUT2D eigenvalue weighted by atomic mass is 10.1. The number of hydrogen-bond donors (Lipinski definition) is 1. The van der Waals surface area contributed by atoms with E-state index in [0.717, 1.165) is 32.6 Å². The number of thioether (sulfide) groups is 1. The van der Waals surface area contributed by atoms with Gasteiger partial charge in [-0.25, -0.2) is 0 Å². The maximum atomic E-state index is 6.16.